The molecule has 0 aliphatic heterocycles. The highest BCUT2D eigenvalue weighted by Crippen LogP contribution is 2.38. The third-order valence-corrected chi connectivity index (χ3v) is 4.70. The second-order valence-electron chi connectivity index (χ2n) is 6.11. The molecule has 3 atom stereocenters. The first kappa shape index (κ1) is 15.7. The second kappa shape index (κ2) is 5.86. The molecule has 0 fully saturated rings. The van der Waals surface area contributed by atoms with Crippen molar-refractivity contribution in [1.29, 1.82) is 0 Å². The maximum Gasteiger partial charge on any atom is 0.0579 e. The van der Waals surface area contributed by atoms with Crippen LogP contribution in [-0.2, 0) is 0 Å². The fourth-order valence-electron chi connectivity index (χ4n) is 1.87. The van der Waals surface area contributed by atoms with Gasteiger partial charge in [-0.25, -0.2) is 0 Å². The van der Waals surface area contributed by atoms with Crippen molar-refractivity contribution in [2.24, 2.45) is 16.7 Å². The van der Waals surface area contributed by atoms with E-state index in [9.17, 15) is 5.11 Å². The van der Waals surface area contributed by atoms with Gasteiger partial charge in [-0.05, 0) is 29.6 Å². The Morgan fingerprint density at radius 3 is 2.00 bits per heavy atom. The van der Waals surface area contributed by atoms with Gasteiger partial charge >= 0.3 is 0 Å². The summed E-state index contributed by atoms with van der Waals surface area (Å²) in [5, 5.41) is 10.3. The van der Waals surface area contributed by atoms with E-state index in [2.05, 4.69) is 48.1 Å². The Morgan fingerprint density at radius 2 is 1.69 bits per heavy atom. The summed E-state index contributed by atoms with van der Waals surface area (Å²) in [7, 11) is 0. The van der Waals surface area contributed by atoms with Crippen LogP contribution < -0.4 is 0 Å². The molecule has 0 aliphatic carbocycles. The van der Waals surface area contributed by atoms with Crippen molar-refractivity contribution in [3.63, 3.8) is 0 Å². The molecule has 0 aromatic heterocycles. The summed E-state index contributed by atoms with van der Waals surface area (Å²) in [6.07, 6.45) is 4.70. The van der Waals surface area contributed by atoms with E-state index in [0.717, 1.165) is 19.3 Å². The standard InChI is InChI=1S/C15H30O/c1-8-14(5,6)12(4)13(16)11-15(7,9-2)10-3/h9,12-13,16H,2,8,10-11H2,1,3-7H3. The zero-order valence-corrected chi connectivity index (χ0v) is 12.0. The van der Waals surface area contributed by atoms with Crippen LogP contribution in [0.2, 0.25) is 0 Å². The van der Waals surface area contributed by atoms with E-state index in [4.69, 9.17) is 0 Å². The molecule has 0 saturated carbocycles. The molecule has 0 aromatic carbocycles. The Kier molecular flexibility index (Phi) is 5.75. The SMILES string of the molecule is C=CC(C)(CC)CC(O)C(C)C(C)(C)CC. The smallest absolute Gasteiger partial charge is 0.0579 e. The Morgan fingerprint density at radius 1 is 1.19 bits per heavy atom. The third kappa shape index (κ3) is 3.93. The van der Waals surface area contributed by atoms with E-state index < -0.39 is 0 Å². The highest BCUT2D eigenvalue weighted by atomic mass is 16.3. The number of rotatable bonds is 7. The molecule has 16 heavy (non-hydrogen) atoms. The molecule has 0 amide bonds. The maximum absolute atomic E-state index is 10.3. The molecule has 0 bridgehead atoms. The van der Waals surface area contributed by atoms with Crippen LogP contribution in [0.5, 0.6) is 0 Å². The highest BCUT2D eigenvalue weighted by molar-refractivity contribution is 4.94. The lowest BCUT2D eigenvalue weighted by atomic mass is 9.70. The van der Waals surface area contributed by atoms with Crippen LogP contribution in [0.25, 0.3) is 0 Å². The van der Waals surface area contributed by atoms with Gasteiger partial charge in [0, 0.05) is 0 Å². The summed E-state index contributed by atoms with van der Waals surface area (Å²) in [6.45, 7) is 17.0. The maximum atomic E-state index is 10.3. The summed E-state index contributed by atoms with van der Waals surface area (Å²) < 4.78 is 0. The predicted octanol–water partition coefficient (Wildman–Crippen LogP) is 4.41. The van der Waals surface area contributed by atoms with Crippen molar-refractivity contribution < 1.29 is 5.11 Å². The van der Waals surface area contributed by atoms with Gasteiger partial charge in [0.1, 0.15) is 0 Å². The van der Waals surface area contributed by atoms with Crippen LogP contribution in [0.15, 0.2) is 12.7 Å². The third-order valence-electron chi connectivity index (χ3n) is 4.70. The molecule has 0 spiro atoms. The Bertz CT molecular complexity index is 219. The molecule has 0 heterocycles. The summed E-state index contributed by atoms with van der Waals surface area (Å²) >= 11 is 0. The summed E-state index contributed by atoms with van der Waals surface area (Å²) in [6, 6.07) is 0. The average Bonchev–Trinajstić information content (AvgIpc) is 2.27. The lowest BCUT2D eigenvalue weighted by Crippen LogP contribution is -2.34. The first-order valence-electron chi connectivity index (χ1n) is 6.54. The van der Waals surface area contributed by atoms with Gasteiger partial charge in [0.2, 0.25) is 0 Å². The zero-order valence-electron chi connectivity index (χ0n) is 12.0. The number of hydrogen-bond acceptors (Lipinski definition) is 1. The van der Waals surface area contributed by atoms with E-state index in [1.54, 1.807) is 0 Å². The van der Waals surface area contributed by atoms with E-state index in [0.29, 0.717) is 5.92 Å². The summed E-state index contributed by atoms with van der Waals surface area (Å²) in [4.78, 5) is 0. The molecule has 0 radical (unpaired) electrons. The quantitative estimate of drug-likeness (QED) is 0.637. The van der Waals surface area contributed by atoms with Crippen molar-refractivity contribution in [2.45, 2.75) is 66.9 Å². The summed E-state index contributed by atoms with van der Waals surface area (Å²) in [5.41, 5.74) is 0.271. The number of allylic oxidation sites excluding steroid dienone is 1. The lowest BCUT2D eigenvalue weighted by molar-refractivity contribution is 0.0171. The minimum absolute atomic E-state index is 0.0670. The Balaban J connectivity index is 4.58. The van der Waals surface area contributed by atoms with Crippen molar-refractivity contribution in [3.05, 3.63) is 12.7 Å². The van der Waals surface area contributed by atoms with Gasteiger partial charge in [0.15, 0.2) is 0 Å². The van der Waals surface area contributed by atoms with Crippen LogP contribution in [0.4, 0.5) is 0 Å². The lowest BCUT2D eigenvalue weighted by Gasteiger charge is -2.37. The van der Waals surface area contributed by atoms with E-state index in [-0.39, 0.29) is 16.9 Å². The van der Waals surface area contributed by atoms with Crippen LogP contribution >= 0.6 is 0 Å². The largest absolute Gasteiger partial charge is 0.393 e. The van der Waals surface area contributed by atoms with Gasteiger partial charge in [0.25, 0.3) is 0 Å². The Labute approximate surface area is 102 Å². The molecule has 1 nitrogen and oxygen atoms in total. The second-order valence-corrected chi connectivity index (χ2v) is 6.11. The molecular weight excluding hydrogens is 196 g/mol. The predicted molar refractivity (Wildman–Crippen MR) is 72.5 cm³/mol. The van der Waals surface area contributed by atoms with Crippen molar-refractivity contribution in [2.75, 3.05) is 0 Å². The fraction of sp³-hybridized carbons (Fsp3) is 0.867. The van der Waals surface area contributed by atoms with Crippen LogP contribution in [-0.4, -0.2) is 11.2 Å². The van der Waals surface area contributed by atoms with Crippen LogP contribution in [0, 0.1) is 16.7 Å². The van der Waals surface area contributed by atoms with Gasteiger partial charge in [0.05, 0.1) is 6.10 Å². The topological polar surface area (TPSA) is 20.2 Å². The normalized spacial score (nSPS) is 19.9. The highest BCUT2D eigenvalue weighted by Gasteiger charge is 2.33. The minimum Gasteiger partial charge on any atom is -0.393 e. The average molecular weight is 226 g/mol. The number of aliphatic hydroxyl groups is 1. The van der Waals surface area contributed by atoms with Gasteiger partial charge in [-0.2, -0.15) is 0 Å². The molecule has 1 heteroatoms. The first-order chi connectivity index (χ1) is 7.22. The number of aliphatic hydroxyl groups excluding tert-OH is 1. The molecule has 96 valence electrons. The van der Waals surface area contributed by atoms with Crippen LogP contribution in [0.3, 0.4) is 0 Å². The van der Waals surface area contributed by atoms with Gasteiger partial charge in [-0.15, -0.1) is 6.58 Å². The van der Waals surface area contributed by atoms with E-state index in [1.165, 1.54) is 0 Å². The van der Waals surface area contributed by atoms with Gasteiger partial charge in [-0.1, -0.05) is 54.0 Å². The minimum atomic E-state index is -0.238. The molecule has 0 saturated heterocycles. The number of hydrogen-bond donors (Lipinski definition) is 1. The fourth-order valence-corrected chi connectivity index (χ4v) is 1.87. The Hall–Kier alpha value is -0.300. The van der Waals surface area contributed by atoms with Crippen molar-refractivity contribution in [1.82, 2.24) is 0 Å². The molecule has 3 unspecified atom stereocenters. The van der Waals surface area contributed by atoms with Crippen molar-refractivity contribution >= 4 is 0 Å². The van der Waals surface area contributed by atoms with Gasteiger partial charge in [-0.3, -0.25) is 0 Å². The van der Waals surface area contributed by atoms with Crippen molar-refractivity contribution in [3.8, 4) is 0 Å². The molecule has 0 aliphatic rings. The monoisotopic (exact) mass is 226 g/mol. The molecular formula is C15H30O. The molecule has 1 N–H and O–H groups in total. The zero-order chi connectivity index (χ0) is 13.0. The first-order valence-corrected chi connectivity index (χ1v) is 6.54. The van der Waals surface area contributed by atoms with E-state index in [1.807, 2.05) is 6.08 Å². The molecule has 0 aromatic rings. The van der Waals surface area contributed by atoms with Gasteiger partial charge < -0.3 is 5.11 Å². The van der Waals surface area contributed by atoms with Crippen LogP contribution in [0.1, 0.15) is 60.8 Å². The molecule has 0 rings (SSSR count). The van der Waals surface area contributed by atoms with E-state index >= 15 is 0 Å². The summed E-state index contributed by atoms with van der Waals surface area (Å²) in [5.74, 6) is 0.323.